The van der Waals surface area contributed by atoms with Crippen molar-refractivity contribution in [1.29, 1.82) is 0 Å². The zero-order chi connectivity index (χ0) is 14.9. The molecule has 0 radical (unpaired) electrons. The summed E-state index contributed by atoms with van der Waals surface area (Å²) in [5.74, 6) is -0.910. The van der Waals surface area contributed by atoms with E-state index in [2.05, 4.69) is 0 Å². The van der Waals surface area contributed by atoms with Crippen molar-refractivity contribution in [2.45, 2.75) is 37.5 Å². The minimum absolute atomic E-state index is 0.284. The van der Waals surface area contributed by atoms with Crippen LogP contribution in [-0.4, -0.2) is 32.0 Å². The van der Waals surface area contributed by atoms with E-state index in [1.807, 2.05) is 0 Å². The molecular formula is C14H17FO4S. The molecule has 20 heavy (non-hydrogen) atoms. The van der Waals surface area contributed by atoms with Crippen LogP contribution in [0, 0.1) is 12.7 Å². The van der Waals surface area contributed by atoms with Crippen molar-refractivity contribution in [2.24, 2.45) is 0 Å². The van der Waals surface area contributed by atoms with Crippen LogP contribution in [0.25, 0.3) is 0 Å². The molecule has 1 aromatic rings. The Morgan fingerprint density at radius 2 is 2.05 bits per heavy atom. The number of sulfone groups is 1. The number of rotatable bonds is 3. The van der Waals surface area contributed by atoms with Crippen molar-refractivity contribution in [3.63, 3.8) is 0 Å². The maximum Gasteiger partial charge on any atom is 0.338 e. The molecule has 0 spiro atoms. The number of hydrogen-bond acceptors (Lipinski definition) is 4. The Morgan fingerprint density at radius 1 is 1.35 bits per heavy atom. The third-order valence-electron chi connectivity index (χ3n) is 3.61. The Labute approximate surface area is 117 Å². The topological polar surface area (TPSA) is 60.4 Å². The minimum Gasteiger partial charge on any atom is -0.459 e. The lowest BCUT2D eigenvalue weighted by atomic mass is 10.1. The minimum atomic E-state index is -3.09. The van der Waals surface area contributed by atoms with E-state index in [1.165, 1.54) is 24.5 Å². The van der Waals surface area contributed by atoms with Gasteiger partial charge in [-0.05, 0) is 43.5 Å². The fourth-order valence-corrected chi connectivity index (χ4v) is 3.52. The van der Waals surface area contributed by atoms with Crippen LogP contribution in [0.2, 0.25) is 0 Å². The first-order valence-electron chi connectivity index (χ1n) is 6.43. The molecule has 2 atom stereocenters. The lowest BCUT2D eigenvalue weighted by molar-refractivity contribution is 0.0318. The normalized spacial score (nSPS) is 22.8. The highest BCUT2D eigenvalue weighted by atomic mass is 32.2. The van der Waals surface area contributed by atoms with Gasteiger partial charge in [-0.3, -0.25) is 0 Å². The van der Waals surface area contributed by atoms with Crippen LogP contribution in [0.4, 0.5) is 4.39 Å². The van der Waals surface area contributed by atoms with Gasteiger partial charge in [0.1, 0.15) is 21.8 Å². The average Bonchev–Trinajstić information content (AvgIpc) is 2.81. The number of halogens is 1. The molecule has 0 bridgehead atoms. The van der Waals surface area contributed by atoms with Gasteiger partial charge in [0.25, 0.3) is 0 Å². The fraction of sp³-hybridized carbons (Fsp3) is 0.500. The highest BCUT2D eigenvalue weighted by Gasteiger charge is 2.33. The number of esters is 1. The standard InChI is InChI=1S/C14H17FO4S/c1-9-7-10(3-6-13(9)15)14(16)19-11-4-5-12(8-11)20(2,17)18/h3,6-7,11-12H,4-5,8H2,1-2H3/t11-,12+/m0/s1. The summed E-state index contributed by atoms with van der Waals surface area (Å²) in [4.78, 5) is 11.9. The SMILES string of the molecule is Cc1cc(C(=O)O[C@H]2CC[C@@H](S(C)(=O)=O)C2)ccc1F. The van der Waals surface area contributed by atoms with Gasteiger partial charge in [-0.1, -0.05) is 0 Å². The van der Waals surface area contributed by atoms with Gasteiger partial charge in [0.2, 0.25) is 0 Å². The zero-order valence-electron chi connectivity index (χ0n) is 11.4. The van der Waals surface area contributed by atoms with Crippen LogP contribution < -0.4 is 0 Å². The van der Waals surface area contributed by atoms with Crippen LogP contribution in [0.3, 0.4) is 0 Å². The van der Waals surface area contributed by atoms with Crippen molar-refractivity contribution < 1.29 is 22.3 Å². The quantitative estimate of drug-likeness (QED) is 0.803. The van der Waals surface area contributed by atoms with Crippen LogP contribution in [0.5, 0.6) is 0 Å². The molecule has 0 heterocycles. The van der Waals surface area contributed by atoms with Gasteiger partial charge in [0, 0.05) is 12.7 Å². The molecule has 1 aliphatic carbocycles. The first-order valence-corrected chi connectivity index (χ1v) is 8.39. The highest BCUT2D eigenvalue weighted by molar-refractivity contribution is 7.91. The molecule has 1 aromatic carbocycles. The van der Waals surface area contributed by atoms with Gasteiger partial charge >= 0.3 is 5.97 Å². The summed E-state index contributed by atoms with van der Waals surface area (Å²) in [5.41, 5.74) is 0.659. The Hall–Kier alpha value is -1.43. The molecule has 2 rings (SSSR count). The number of aryl methyl sites for hydroxylation is 1. The summed E-state index contributed by atoms with van der Waals surface area (Å²) in [5, 5.41) is -0.435. The maximum atomic E-state index is 13.1. The van der Waals surface area contributed by atoms with Crippen LogP contribution in [0.15, 0.2) is 18.2 Å². The van der Waals surface area contributed by atoms with Crippen LogP contribution in [0.1, 0.15) is 35.2 Å². The van der Waals surface area contributed by atoms with Crippen molar-refractivity contribution in [3.8, 4) is 0 Å². The van der Waals surface area contributed by atoms with Gasteiger partial charge in [-0.25, -0.2) is 17.6 Å². The highest BCUT2D eigenvalue weighted by Crippen LogP contribution is 2.28. The molecule has 0 aromatic heterocycles. The molecule has 1 fully saturated rings. The predicted octanol–water partition coefficient (Wildman–Crippen LogP) is 2.26. The second-order valence-corrected chi connectivity index (χ2v) is 7.58. The van der Waals surface area contributed by atoms with Gasteiger partial charge in [-0.15, -0.1) is 0 Å². The molecule has 0 amide bonds. The average molecular weight is 300 g/mol. The summed E-state index contributed by atoms with van der Waals surface area (Å²) >= 11 is 0. The molecule has 4 nitrogen and oxygen atoms in total. The number of hydrogen-bond donors (Lipinski definition) is 0. The smallest absolute Gasteiger partial charge is 0.338 e. The van der Waals surface area contributed by atoms with E-state index in [-0.39, 0.29) is 17.5 Å². The van der Waals surface area contributed by atoms with Gasteiger partial charge in [-0.2, -0.15) is 0 Å². The van der Waals surface area contributed by atoms with E-state index in [0.29, 0.717) is 24.8 Å². The molecule has 1 saturated carbocycles. The molecule has 0 aliphatic heterocycles. The Balaban J connectivity index is 2.01. The summed E-state index contributed by atoms with van der Waals surface area (Å²) in [6.07, 6.45) is 2.21. The van der Waals surface area contributed by atoms with E-state index in [0.717, 1.165) is 0 Å². The van der Waals surface area contributed by atoms with E-state index in [9.17, 15) is 17.6 Å². The largest absolute Gasteiger partial charge is 0.459 e. The van der Waals surface area contributed by atoms with Crippen LogP contribution >= 0.6 is 0 Å². The van der Waals surface area contributed by atoms with Gasteiger partial charge in [0.15, 0.2) is 0 Å². The molecule has 0 saturated heterocycles. The second kappa shape index (κ2) is 5.52. The Morgan fingerprint density at radius 3 is 2.60 bits per heavy atom. The lowest BCUT2D eigenvalue weighted by Gasteiger charge is -2.12. The second-order valence-electron chi connectivity index (χ2n) is 5.26. The maximum absolute atomic E-state index is 13.1. The number of carbonyl (C=O) groups is 1. The monoisotopic (exact) mass is 300 g/mol. The summed E-state index contributed by atoms with van der Waals surface area (Å²) in [6.45, 7) is 1.57. The number of benzene rings is 1. The zero-order valence-corrected chi connectivity index (χ0v) is 12.2. The predicted molar refractivity (Wildman–Crippen MR) is 72.8 cm³/mol. The number of carbonyl (C=O) groups excluding carboxylic acids is 1. The third-order valence-corrected chi connectivity index (χ3v) is 5.25. The van der Waals surface area contributed by atoms with Gasteiger partial charge in [0.05, 0.1) is 10.8 Å². The Kier molecular flexibility index (Phi) is 4.13. The van der Waals surface area contributed by atoms with E-state index >= 15 is 0 Å². The molecule has 6 heteroatoms. The summed E-state index contributed by atoms with van der Waals surface area (Å²) in [6, 6.07) is 4.02. The number of ether oxygens (including phenoxy) is 1. The summed E-state index contributed by atoms with van der Waals surface area (Å²) in [7, 11) is -3.09. The summed E-state index contributed by atoms with van der Waals surface area (Å²) < 4.78 is 41.3. The Bertz CT molecular complexity index is 624. The van der Waals surface area contributed by atoms with Crippen molar-refractivity contribution in [1.82, 2.24) is 0 Å². The first kappa shape index (κ1) is 15.0. The molecule has 0 N–H and O–H groups in total. The first-order chi connectivity index (χ1) is 9.27. The van der Waals surface area contributed by atoms with E-state index in [1.54, 1.807) is 6.92 Å². The third kappa shape index (κ3) is 3.36. The lowest BCUT2D eigenvalue weighted by Crippen LogP contribution is -2.20. The molecule has 1 aliphatic rings. The fourth-order valence-electron chi connectivity index (χ4n) is 2.39. The molecular weight excluding hydrogens is 283 g/mol. The van der Waals surface area contributed by atoms with Crippen molar-refractivity contribution >= 4 is 15.8 Å². The van der Waals surface area contributed by atoms with E-state index < -0.39 is 21.1 Å². The van der Waals surface area contributed by atoms with E-state index in [4.69, 9.17) is 4.74 Å². The molecule has 0 unspecified atom stereocenters. The molecule has 110 valence electrons. The van der Waals surface area contributed by atoms with Crippen LogP contribution in [-0.2, 0) is 14.6 Å². The van der Waals surface area contributed by atoms with Crippen molar-refractivity contribution in [3.05, 3.63) is 35.1 Å². The van der Waals surface area contributed by atoms with Gasteiger partial charge < -0.3 is 4.74 Å². The van der Waals surface area contributed by atoms with Crippen molar-refractivity contribution in [2.75, 3.05) is 6.26 Å².